The summed E-state index contributed by atoms with van der Waals surface area (Å²) in [6, 6.07) is 8.53. The molecule has 1 fully saturated rings. The van der Waals surface area contributed by atoms with E-state index in [1.54, 1.807) is 11.7 Å². The third-order valence-corrected chi connectivity index (χ3v) is 7.12. The molecule has 3 aliphatic rings. The fraction of sp³-hybridized carbons (Fsp3) is 0.625. The summed E-state index contributed by atoms with van der Waals surface area (Å²) in [6.45, 7) is 2.15. The maximum atomic E-state index is 12.5. The molecule has 1 aliphatic carbocycles. The van der Waals surface area contributed by atoms with Crippen LogP contribution in [0.2, 0.25) is 0 Å². The van der Waals surface area contributed by atoms with Crippen molar-refractivity contribution in [1.82, 2.24) is 25.0 Å². The zero-order valence-corrected chi connectivity index (χ0v) is 21.7. The summed E-state index contributed by atoms with van der Waals surface area (Å²) in [5.41, 5.74) is 1.18. The molecular weight excluding hydrogens is 531 g/mol. The number of guanidine groups is 1. The summed E-state index contributed by atoms with van der Waals surface area (Å²) in [5, 5.41) is 11.6. The molecule has 5 rings (SSSR count). The summed E-state index contributed by atoms with van der Waals surface area (Å²) in [7, 11) is 1.81. The van der Waals surface area contributed by atoms with Gasteiger partial charge in [-0.05, 0) is 51.0 Å². The molecule has 33 heavy (non-hydrogen) atoms. The molecular formula is C24H35IN6O2. The van der Waals surface area contributed by atoms with E-state index in [9.17, 15) is 4.79 Å². The van der Waals surface area contributed by atoms with E-state index in [0.717, 1.165) is 75.6 Å². The highest BCUT2D eigenvalue weighted by Crippen LogP contribution is 2.46. The van der Waals surface area contributed by atoms with Crippen molar-refractivity contribution in [1.29, 1.82) is 0 Å². The molecule has 0 saturated heterocycles. The van der Waals surface area contributed by atoms with Crippen LogP contribution < -0.4 is 21.1 Å². The number of rotatable bonds is 5. The molecule has 1 saturated carbocycles. The van der Waals surface area contributed by atoms with E-state index in [-0.39, 0.29) is 41.3 Å². The Morgan fingerprint density at radius 3 is 2.85 bits per heavy atom. The number of nitrogens with zero attached hydrogens (tertiary/aromatic N) is 4. The van der Waals surface area contributed by atoms with Crippen molar-refractivity contribution in [3.05, 3.63) is 46.1 Å². The summed E-state index contributed by atoms with van der Waals surface area (Å²) in [5.74, 6) is 2.72. The fourth-order valence-electron chi connectivity index (χ4n) is 5.46. The number of aliphatic imine (C=N–C) groups is 1. The number of fused-ring (bicyclic) bond motifs is 2. The Balaban J connectivity index is 0.00000259. The van der Waals surface area contributed by atoms with E-state index in [4.69, 9.17) is 4.74 Å². The number of aryl methyl sites for hydroxylation is 2. The molecule has 0 amide bonds. The minimum Gasteiger partial charge on any atom is -0.487 e. The second kappa shape index (κ2) is 10.5. The van der Waals surface area contributed by atoms with Crippen LogP contribution in [-0.2, 0) is 19.5 Å². The molecule has 2 N–H and O–H groups in total. The van der Waals surface area contributed by atoms with E-state index < -0.39 is 0 Å². The van der Waals surface area contributed by atoms with Crippen molar-refractivity contribution in [2.24, 2.45) is 4.99 Å². The van der Waals surface area contributed by atoms with E-state index in [1.165, 1.54) is 18.4 Å². The Hall–Kier alpha value is -2.04. The standard InChI is InChI=1S/C24H34N6O2.HI/c1-25-22(26-14-8-16-30-23(31)29-15-7-4-11-21(29)28-30)27-19-17-24(12-5-6-13-24)32-20-10-3-2-9-18(19)20;/h2-3,9-10,19H,4-8,11-17H2,1H3,(H2,25,26,27);1H. The van der Waals surface area contributed by atoms with Gasteiger partial charge in [0.2, 0.25) is 0 Å². The first-order valence-electron chi connectivity index (χ1n) is 12.1. The highest BCUT2D eigenvalue weighted by molar-refractivity contribution is 14.0. The summed E-state index contributed by atoms with van der Waals surface area (Å²) >= 11 is 0. The molecule has 1 unspecified atom stereocenters. The van der Waals surface area contributed by atoms with Gasteiger partial charge in [0.1, 0.15) is 17.2 Å². The molecule has 3 heterocycles. The lowest BCUT2D eigenvalue weighted by Crippen LogP contribution is -2.46. The van der Waals surface area contributed by atoms with Gasteiger partial charge in [0, 0.05) is 45.1 Å². The highest BCUT2D eigenvalue weighted by atomic mass is 127. The fourth-order valence-corrected chi connectivity index (χ4v) is 5.46. The molecule has 8 nitrogen and oxygen atoms in total. The number of hydrogen-bond donors (Lipinski definition) is 2. The number of ether oxygens (including phenoxy) is 1. The molecule has 0 bridgehead atoms. The van der Waals surface area contributed by atoms with Gasteiger partial charge in [-0.25, -0.2) is 9.48 Å². The molecule has 2 aromatic rings. The maximum absolute atomic E-state index is 12.5. The largest absolute Gasteiger partial charge is 0.487 e. The van der Waals surface area contributed by atoms with Gasteiger partial charge < -0.3 is 15.4 Å². The average molecular weight is 566 g/mol. The smallest absolute Gasteiger partial charge is 0.345 e. The second-order valence-electron chi connectivity index (χ2n) is 9.31. The lowest BCUT2D eigenvalue weighted by Gasteiger charge is -2.40. The first kappa shape index (κ1) is 24.1. The molecule has 0 radical (unpaired) electrons. The molecule has 180 valence electrons. The molecule has 1 spiro atoms. The lowest BCUT2D eigenvalue weighted by molar-refractivity contribution is 0.0396. The Bertz CT molecular complexity index is 1040. The average Bonchev–Trinajstić information content (AvgIpc) is 3.40. The number of nitrogens with one attached hydrogen (secondary N) is 2. The summed E-state index contributed by atoms with van der Waals surface area (Å²) in [6.07, 6.45) is 9.58. The van der Waals surface area contributed by atoms with Crippen LogP contribution in [0.4, 0.5) is 0 Å². The van der Waals surface area contributed by atoms with Gasteiger partial charge in [-0.15, -0.1) is 24.0 Å². The van der Waals surface area contributed by atoms with Gasteiger partial charge in [0.15, 0.2) is 5.96 Å². The third kappa shape index (κ3) is 5.07. The first-order valence-corrected chi connectivity index (χ1v) is 12.1. The van der Waals surface area contributed by atoms with Crippen molar-refractivity contribution in [2.75, 3.05) is 13.6 Å². The van der Waals surface area contributed by atoms with Crippen LogP contribution in [0.3, 0.4) is 0 Å². The van der Waals surface area contributed by atoms with Crippen LogP contribution in [0.5, 0.6) is 5.75 Å². The van der Waals surface area contributed by atoms with Crippen LogP contribution >= 0.6 is 24.0 Å². The van der Waals surface area contributed by atoms with E-state index in [2.05, 4.69) is 38.9 Å². The van der Waals surface area contributed by atoms with Gasteiger partial charge in [0.05, 0.1) is 6.04 Å². The van der Waals surface area contributed by atoms with Gasteiger partial charge in [-0.3, -0.25) is 9.56 Å². The second-order valence-corrected chi connectivity index (χ2v) is 9.31. The van der Waals surface area contributed by atoms with Crippen LogP contribution in [0, 0.1) is 0 Å². The zero-order valence-electron chi connectivity index (χ0n) is 19.4. The molecule has 2 aliphatic heterocycles. The Morgan fingerprint density at radius 2 is 2.06 bits per heavy atom. The minimum atomic E-state index is -0.0493. The minimum absolute atomic E-state index is 0. The Labute approximate surface area is 212 Å². The van der Waals surface area contributed by atoms with E-state index >= 15 is 0 Å². The predicted octanol–water partition coefficient (Wildman–Crippen LogP) is 3.39. The summed E-state index contributed by atoms with van der Waals surface area (Å²) < 4.78 is 9.93. The number of benzene rings is 1. The summed E-state index contributed by atoms with van der Waals surface area (Å²) in [4.78, 5) is 16.9. The Morgan fingerprint density at radius 1 is 1.24 bits per heavy atom. The lowest BCUT2D eigenvalue weighted by atomic mass is 9.86. The number of hydrogen-bond acceptors (Lipinski definition) is 4. The number of halogens is 1. The van der Waals surface area contributed by atoms with Gasteiger partial charge in [-0.1, -0.05) is 18.2 Å². The monoisotopic (exact) mass is 566 g/mol. The predicted molar refractivity (Wildman–Crippen MR) is 140 cm³/mol. The van der Waals surface area contributed by atoms with E-state index in [0.29, 0.717) is 6.54 Å². The van der Waals surface area contributed by atoms with Crippen LogP contribution in [0.15, 0.2) is 34.1 Å². The molecule has 1 atom stereocenters. The third-order valence-electron chi connectivity index (χ3n) is 7.12. The molecule has 1 aromatic carbocycles. The van der Waals surface area contributed by atoms with Gasteiger partial charge in [-0.2, -0.15) is 5.10 Å². The van der Waals surface area contributed by atoms with Crippen molar-refractivity contribution < 1.29 is 4.74 Å². The van der Waals surface area contributed by atoms with Crippen molar-refractivity contribution in [3.8, 4) is 5.75 Å². The van der Waals surface area contributed by atoms with Crippen LogP contribution in [0.25, 0.3) is 0 Å². The SMILES string of the molecule is CN=C(NCCCn1nc2n(c1=O)CCCC2)NC1CC2(CCCC2)Oc2ccccc21.I. The normalized spacial score (nSPS) is 21.0. The van der Waals surface area contributed by atoms with Crippen LogP contribution in [0.1, 0.15) is 68.8 Å². The van der Waals surface area contributed by atoms with Crippen molar-refractivity contribution >= 4 is 29.9 Å². The molecule has 1 aromatic heterocycles. The maximum Gasteiger partial charge on any atom is 0.345 e. The topological polar surface area (TPSA) is 85.5 Å². The molecule has 9 heteroatoms. The van der Waals surface area contributed by atoms with Gasteiger partial charge in [0.25, 0.3) is 0 Å². The highest BCUT2D eigenvalue weighted by Gasteiger charge is 2.43. The van der Waals surface area contributed by atoms with Gasteiger partial charge >= 0.3 is 5.69 Å². The van der Waals surface area contributed by atoms with Crippen LogP contribution in [-0.4, -0.2) is 39.5 Å². The van der Waals surface area contributed by atoms with Crippen molar-refractivity contribution in [2.45, 2.75) is 82.5 Å². The zero-order chi connectivity index (χ0) is 22.0. The number of aromatic nitrogens is 3. The first-order chi connectivity index (χ1) is 15.7. The van der Waals surface area contributed by atoms with E-state index in [1.807, 2.05) is 10.6 Å². The number of para-hydroxylation sites is 1. The quantitative estimate of drug-likeness (QED) is 0.251. The van der Waals surface area contributed by atoms with Crippen molar-refractivity contribution in [3.63, 3.8) is 0 Å². The Kier molecular flexibility index (Phi) is 7.65.